The summed E-state index contributed by atoms with van der Waals surface area (Å²) in [6, 6.07) is 7.47. The number of pyridine rings is 2. The van der Waals surface area contributed by atoms with E-state index in [1.807, 2.05) is 28.8 Å². The third kappa shape index (κ3) is 4.82. The fourth-order valence-corrected chi connectivity index (χ4v) is 4.49. The van der Waals surface area contributed by atoms with Gasteiger partial charge in [-0.15, -0.1) is 12.4 Å². The minimum absolute atomic E-state index is 0. The lowest BCUT2D eigenvalue weighted by Crippen LogP contribution is -2.22. The van der Waals surface area contributed by atoms with E-state index in [4.69, 9.17) is 4.74 Å². The average molecular weight is 470 g/mol. The number of aryl methyl sites for hydroxylation is 1. The second-order valence-electron chi connectivity index (χ2n) is 8.23. The number of carbonyl (C=O) groups is 1. The summed E-state index contributed by atoms with van der Waals surface area (Å²) in [7, 11) is 0. The van der Waals surface area contributed by atoms with Crippen molar-refractivity contribution in [3.63, 3.8) is 0 Å². The van der Waals surface area contributed by atoms with Crippen LogP contribution in [-0.2, 0) is 11.2 Å². The number of halogens is 1. The van der Waals surface area contributed by atoms with Crippen molar-refractivity contribution >= 4 is 35.2 Å². The molecule has 2 N–H and O–H groups in total. The number of rotatable bonds is 7. The van der Waals surface area contributed by atoms with Crippen LogP contribution < -0.4 is 10.1 Å². The van der Waals surface area contributed by atoms with Crippen molar-refractivity contribution in [3.05, 3.63) is 60.0 Å². The Labute approximate surface area is 198 Å². The summed E-state index contributed by atoms with van der Waals surface area (Å²) in [4.78, 5) is 24.4. The molecule has 4 heterocycles. The van der Waals surface area contributed by atoms with Gasteiger partial charge in [0.2, 0.25) is 0 Å². The highest BCUT2D eigenvalue weighted by Crippen LogP contribution is 2.32. The predicted octanol–water partition coefficient (Wildman–Crippen LogP) is 3.87. The van der Waals surface area contributed by atoms with Gasteiger partial charge in [-0.3, -0.25) is 9.78 Å². The van der Waals surface area contributed by atoms with Gasteiger partial charge in [0, 0.05) is 31.4 Å². The molecule has 0 atom stereocenters. The molecule has 0 unspecified atom stereocenters. The molecule has 1 aliphatic heterocycles. The predicted molar refractivity (Wildman–Crippen MR) is 129 cm³/mol. The first-order valence-corrected chi connectivity index (χ1v) is 11.2. The van der Waals surface area contributed by atoms with Crippen LogP contribution in [0.1, 0.15) is 37.1 Å². The van der Waals surface area contributed by atoms with Gasteiger partial charge in [0.05, 0.1) is 18.5 Å². The van der Waals surface area contributed by atoms with Crippen LogP contribution in [0.15, 0.2) is 48.6 Å². The SMILES string of the molecule is Cl.O=C(Nc1cnccc1OCCCN1CCCC1)C1=C(O)CCc2c1nc1ccccn21. The summed E-state index contributed by atoms with van der Waals surface area (Å²) in [5.74, 6) is 0.207. The molecule has 2 aliphatic rings. The molecule has 0 radical (unpaired) electrons. The summed E-state index contributed by atoms with van der Waals surface area (Å²) < 4.78 is 7.92. The van der Waals surface area contributed by atoms with E-state index < -0.39 is 5.91 Å². The Morgan fingerprint density at radius 1 is 1.18 bits per heavy atom. The molecular weight excluding hydrogens is 442 g/mol. The van der Waals surface area contributed by atoms with Gasteiger partial charge in [-0.1, -0.05) is 6.07 Å². The molecule has 1 aliphatic carbocycles. The lowest BCUT2D eigenvalue weighted by atomic mass is 9.97. The molecule has 1 saturated heterocycles. The van der Waals surface area contributed by atoms with Crippen LogP contribution in [0.3, 0.4) is 0 Å². The third-order valence-corrected chi connectivity index (χ3v) is 6.08. The fourth-order valence-electron chi connectivity index (χ4n) is 4.49. The number of aliphatic hydroxyl groups is 1. The van der Waals surface area contributed by atoms with Gasteiger partial charge in [-0.2, -0.15) is 0 Å². The molecular formula is C24H28ClN5O3. The number of carbonyl (C=O) groups excluding carboxylic acids is 1. The quantitative estimate of drug-likeness (QED) is 0.510. The molecule has 8 nitrogen and oxygen atoms in total. The standard InChI is InChI=1S/C24H27N5O3.ClH/c30-19-8-7-18-23(27-21-6-1-2-14-29(18)21)22(19)24(31)26-17-16-25-10-9-20(17)32-15-5-13-28-11-3-4-12-28;/h1-2,6,9-10,14,16,30H,3-5,7-8,11-13,15H2,(H,26,31);1H. The molecule has 1 fully saturated rings. The number of fused-ring (bicyclic) bond motifs is 3. The molecule has 3 aromatic rings. The first kappa shape index (κ1) is 23.1. The van der Waals surface area contributed by atoms with Crippen LogP contribution in [0.4, 0.5) is 5.69 Å². The zero-order valence-electron chi connectivity index (χ0n) is 18.4. The monoisotopic (exact) mass is 469 g/mol. The van der Waals surface area contributed by atoms with Crippen molar-refractivity contribution in [2.75, 3.05) is 31.6 Å². The van der Waals surface area contributed by atoms with Crippen molar-refractivity contribution in [2.45, 2.75) is 32.1 Å². The van der Waals surface area contributed by atoms with Gasteiger partial charge in [-0.25, -0.2) is 4.98 Å². The number of nitrogens with zero attached hydrogens (tertiary/aromatic N) is 4. The number of aliphatic hydroxyl groups excluding tert-OH is 1. The van der Waals surface area contributed by atoms with E-state index in [1.54, 1.807) is 18.5 Å². The molecule has 0 bridgehead atoms. The molecule has 33 heavy (non-hydrogen) atoms. The normalized spacial score (nSPS) is 15.9. The molecule has 0 saturated carbocycles. The van der Waals surface area contributed by atoms with Crippen LogP contribution >= 0.6 is 12.4 Å². The largest absolute Gasteiger partial charge is 0.511 e. The number of nitrogens with one attached hydrogen (secondary N) is 1. The lowest BCUT2D eigenvalue weighted by Gasteiger charge is -2.18. The number of imidazole rings is 1. The number of likely N-dealkylation sites (tertiary alicyclic amines) is 1. The lowest BCUT2D eigenvalue weighted by molar-refractivity contribution is -0.111. The number of allylic oxidation sites excluding steroid dienone is 1. The summed E-state index contributed by atoms with van der Waals surface area (Å²) in [6.07, 6.45) is 9.63. The zero-order valence-corrected chi connectivity index (χ0v) is 19.2. The van der Waals surface area contributed by atoms with Crippen LogP contribution in [-0.4, -0.2) is 56.5 Å². The van der Waals surface area contributed by atoms with Gasteiger partial charge in [0.1, 0.15) is 34.1 Å². The van der Waals surface area contributed by atoms with E-state index in [-0.39, 0.29) is 23.7 Å². The Morgan fingerprint density at radius 2 is 2.03 bits per heavy atom. The van der Waals surface area contributed by atoms with Gasteiger partial charge in [0.25, 0.3) is 5.91 Å². The minimum Gasteiger partial charge on any atom is -0.511 e. The van der Waals surface area contributed by atoms with E-state index in [0.29, 0.717) is 36.6 Å². The number of aromatic nitrogens is 3. The number of anilines is 1. The second-order valence-corrected chi connectivity index (χ2v) is 8.23. The van der Waals surface area contributed by atoms with Crippen LogP contribution in [0.5, 0.6) is 5.75 Å². The zero-order chi connectivity index (χ0) is 21.9. The summed E-state index contributed by atoms with van der Waals surface area (Å²) in [6.45, 7) is 3.92. The molecule has 9 heteroatoms. The van der Waals surface area contributed by atoms with E-state index in [1.165, 1.54) is 25.9 Å². The van der Waals surface area contributed by atoms with Gasteiger partial charge >= 0.3 is 0 Å². The summed E-state index contributed by atoms with van der Waals surface area (Å²) in [5, 5.41) is 13.4. The minimum atomic E-state index is -0.415. The highest BCUT2D eigenvalue weighted by atomic mass is 35.5. The van der Waals surface area contributed by atoms with E-state index in [0.717, 1.165) is 24.3 Å². The molecule has 5 rings (SSSR count). The molecule has 0 spiro atoms. The Hall–Kier alpha value is -3.10. The number of ether oxygens (including phenoxy) is 1. The van der Waals surface area contributed by atoms with Crippen molar-refractivity contribution < 1.29 is 14.6 Å². The average Bonchev–Trinajstić information content (AvgIpc) is 3.45. The Morgan fingerprint density at radius 3 is 2.88 bits per heavy atom. The first-order valence-electron chi connectivity index (χ1n) is 11.2. The van der Waals surface area contributed by atoms with E-state index >= 15 is 0 Å². The van der Waals surface area contributed by atoms with Gasteiger partial charge in [-0.05, 0) is 50.9 Å². The molecule has 1 amide bonds. The maximum Gasteiger partial charge on any atom is 0.261 e. The maximum atomic E-state index is 13.2. The Balaban J connectivity index is 0.00000259. The topological polar surface area (TPSA) is 92.0 Å². The smallest absolute Gasteiger partial charge is 0.261 e. The highest BCUT2D eigenvalue weighted by molar-refractivity contribution is 6.26. The van der Waals surface area contributed by atoms with Gasteiger partial charge < -0.3 is 24.5 Å². The number of hydrogen-bond donors (Lipinski definition) is 2. The summed E-state index contributed by atoms with van der Waals surface area (Å²) in [5.41, 5.74) is 2.89. The van der Waals surface area contributed by atoms with Crippen LogP contribution in [0.25, 0.3) is 11.2 Å². The van der Waals surface area contributed by atoms with Crippen molar-refractivity contribution in [1.29, 1.82) is 0 Å². The number of hydrogen-bond acceptors (Lipinski definition) is 6. The van der Waals surface area contributed by atoms with Crippen molar-refractivity contribution in [1.82, 2.24) is 19.3 Å². The molecule has 3 aromatic heterocycles. The highest BCUT2D eigenvalue weighted by Gasteiger charge is 2.29. The fraction of sp³-hybridized carbons (Fsp3) is 0.375. The number of amides is 1. The molecule has 174 valence electrons. The first-order chi connectivity index (χ1) is 15.7. The van der Waals surface area contributed by atoms with Crippen LogP contribution in [0, 0.1) is 0 Å². The second kappa shape index (κ2) is 10.2. The Bertz CT molecular complexity index is 1170. The maximum absolute atomic E-state index is 13.2. The van der Waals surface area contributed by atoms with E-state index in [9.17, 15) is 9.90 Å². The Kier molecular flexibility index (Phi) is 7.15. The van der Waals surface area contributed by atoms with Crippen molar-refractivity contribution in [3.8, 4) is 5.75 Å². The third-order valence-electron chi connectivity index (χ3n) is 6.08. The van der Waals surface area contributed by atoms with Gasteiger partial charge in [0.15, 0.2) is 0 Å². The van der Waals surface area contributed by atoms with Crippen LogP contribution in [0.2, 0.25) is 0 Å². The summed E-state index contributed by atoms with van der Waals surface area (Å²) >= 11 is 0. The van der Waals surface area contributed by atoms with E-state index in [2.05, 4.69) is 20.2 Å². The van der Waals surface area contributed by atoms with Crippen molar-refractivity contribution in [2.24, 2.45) is 0 Å². The molecule has 0 aromatic carbocycles.